The summed E-state index contributed by atoms with van der Waals surface area (Å²) in [6.45, 7) is 4.11. The molecule has 2 N–H and O–H groups in total. The van der Waals surface area contributed by atoms with E-state index in [1.165, 1.54) is 5.39 Å². The van der Waals surface area contributed by atoms with Gasteiger partial charge in [-0.1, -0.05) is 6.07 Å². The number of fused-ring (bicyclic) bond motifs is 1. The lowest BCUT2D eigenvalue weighted by atomic mass is 10.1. The molecule has 0 radical (unpaired) electrons. The monoisotopic (exact) mass is 266 g/mol. The lowest BCUT2D eigenvalue weighted by molar-refractivity contribution is 0.583. The Morgan fingerprint density at radius 3 is 2.78 bits per heavy atom. The molecule has 0 saturated heterocycles. The highest BCUT2D eigenvalue weighted by Gasteiger charge is 2.05. The molecule has 0 bridgehead atoms. The third-order valence-corrected chi connectivity index (χ3v) is 4.34. The molecule has 1 aromatic carbocycles. The molecule has 2 rings (SSSR count). The lowest BCUT2D eigenvalue weighted by Gasteiger charge is -2.04. The number of hydrogen-bond donors (Lipinski definition) is 2. The second-order valence-corrected chi connectivity index (χ2v) is 6.52. The zero-order chi connectivity index (χ0) is 13.2. The van der Waals surface area contributed by atoms with Crippen LogP contribution in [-0.2, 0) is 16.4 Å². The van der Waals surface area contributed by atoms with Crippen molar-refractivity contribution >= 4 is 20.9 Å². The van der Waals surface area contributed by atoms with Crippen molar-refractivity contribution in [2.45, 2.75) is 20.3 Å². The maximum atomic E-state index is 11.3. The summed E-state index contributed by atoms with van der Waals surface area (Å²) in [6.07, 6.45) is 0.708. The molecule has 4 nitrogen and oxygen atoms in total. The fourth-order valence-corrected chi connectivity index (χ4v) is 2.55. The molecule has 18 heavy (non-hydrogen) atoms. The number of benzene rings is 1. The number of hydrogen-bond acceptors (Lipinski definition) is 2. The van der Waals surface area contributed by atoms with E-state index in [4.69, 9.17) is 0 Å². The summed E-state index contributed by atoms with van der Waals surface area (Å²) < 4.78 is 25.2. The molecule has 1 heterocycles. The van der Waals surface area contributed by atoms with Crippen LogP contribution >= 0.6 is 0 Å². The van der Waals surface area contributed by atoms with Gasteiger partial charge in [0.25, 0.3) is 0 Å². The van der Waals surface area contributed by atoms with Gasteiger partial charge in [0.15, 0.2) is 0 Å². The summed E-state index contributed by atoms with van der Waals surface area (Å²) in [5, 5.41) is 1.17. The molecule has 0 amide bonds. The summed E-state index contributed by atoms with van der Waals surface area (Å²) in [6, 6.07) is 8.25. The maximum Gasteiger partial charge on any atom is 0.211 e. The van der Waals surface area contributed by atoms with Crippen LogP contribution in [0.25, 0.3) is 10.9 Å². The fourth-order valence-electron chi connectivity index (χ4n) is 1.94. The molecule has 0 unspecified atom stereocenters. The molecule has 0 aliphatic carbocycles. The van der Waals surface area contributed by atoms with Gasteiger partial charge in [0.1, 0.15) is 0 Å². The minimum absolute atomic E-state index is 0.128. The van der Waals surface area contributed by atoms with E-state index in [-0.39, 0.29) is 5.75 Å². The number of aromatic amines is 1. The third-order valence-electron chi connectivity index (χ3n) is 2.94. The van der Waals surface area contributed by atoms with Crippen molar-refractivity contribution in [3.63, 3.8) is 0 Å². The number of H-pyrrole nitrogens is 1. The van der Waals surface area contributed by atoms with E-state index >= 15 is 0 Å². The first-order valence-electron chi connectivity index (χ1n) is 6.06. The molecular formula is C13H18N2O2S. The zero-order valence-corrected chi connectivity index (χ0v) is 11.5. The highest BCUT2D eigenvalue weighted by Crippen LogP contribution is 2.16. The van der Waals surface area contributed by atoms with Crippen molar-refractivity contribution < 1.29 is 8.42 Å². The van der Waals surface area contributed by atoms with Gasteiger partial charge in [-0.2, -0.15) is 0 Å². The minimum atomic E-state index is -3.08. The Labute approximate surface area is 107 Å². The van der Waals surface area contributed by atoms with Crippen LogP contribution in [0.3, 0.4) is 0 Å². The minimum Gasteiger partial charge on any atom is -0.359 e. The molecule has 0 fully saturated rings. The van der Waals surface area contributed by atoms with E-state index in [0.29, 0.717) is 13.0 Å². The van der Waals surface area contributed by atoms with E-state index in [9.17, 15) is 8.42 Å². The Balaban J connectivity index is 2.04. The summed E-state index contributed by atoms with van der Waals surface area (Å²) in [7, 11) is -3.08. The van der Waals surface area contributed by atoms with Crippen molar-refractivity contribution in [2.75, 3.05) is 12.3 Å². The number of aryl methyl sites for hydroxylation is 1. The van der Waals surface area contributed by atoms with Crippen molar-refractivity contribution in [1.82, 2.24) is 9.71 Å². The SMILES string of the molecule is CCS(=O)(=O)NCCc1ccc2[nH]c(C)cc2c1. The highest BCUT2D eigenvalue weighted by molar-refractivity contribution is 7.89. The van der Waals surface area contributed by atoms with Crippen LogP contribution in [0.1, 0.15) is 18.2 Å². The molecule has 0 saturated carbocycles. The van der Waals surface area contributed by atoms with Gasteiger partial charge in [-0.3, -0.25) is 0 Å². The van der Waals surface area contributed by atoms with Gasteiger partial charge in [0.05, 0.1) is 5.75 Å². The molecule has 1 aromatic heterocycles. The predicted octanol–water partition coefficient (Wildman–Crippen LogP) is 1.96. The number of nitrogens with one attached hydrogen (secondary N) is 2. The topological polar surface area (TPSA) is 62.0 Å². The zero-order valence-electron chi connectivity index (χ0n) is 10.7. The normalized spacial score (nSPS) is 12.1. The third kappa shape index (κ3) is 3.11. The van der Waals surface area contributed by atoms with Gasteiger partial charge >= 0.3 is 0 Å². The Bertz CT molecular complexity index is 644. The summed E-state index contributed by atoms with van der Waals surface area (Å²) in [5.41, 5.74) is 3.39. The highest BCUT2D eigenvalue weighted by atomic mass is 32.2. The molecule has 0 aliphatic rings. The first-order chi connectivity index (χ1) is 8.50. The van der Waals surface area contributed by atoms with Crippen LogP contribution in [0.2, 0.25) is 0 Å². The number of rotatable bonds is 5. The van der Waals surface area contributed by atoms with Crippen molar-refractivity contribution in [3.05, 3.63) is 35.5 Å². The van der Waals surface area contributed by atoms with E-state index in [0.717, 1.165) is 16.8 Å². The second-order valence-electron chi connectivity index (χ2n) is 4.42. The van der Waals surface area contributed by atoms with E-state index in [1.807, 2.05) is 19.1 Å². The van der Waals surface area contributed by atoms with Gasteiger partial charge in [-0.05, 0) is 49.4 Å². The van der Waals surface area contributed by atoms with Gasteiger partial charge in [-0.25, -0.2) is 13.1 Å². The summed E-state index contributed by atoms with van der Waals surface area (Å²) >= 11 is 0. The average Bonchev–Trinajstić information content (AvgIpc) is 2.68. The smallest absolute Gasteiger partial charge is 0.211 e. The standard InChI is InChI=1S/C13H18N2O2S/c1-3-18(16,17)14-7-6-11-4-5-13-12(9-11)8-10(2)15-13/h4-5,8-9,14-15H,3,6-7H2,1-2H3. The van der Waals surface area contributed by atoms with Crippen molar-refractivity contribution in [2.24, 2.45) is 0 Å². The Morgan fingerprint density at radius 2 is 2.06 bits per heavy atom. The number of sulfonamides is 1. The van der Waals surface area contributed by atoms with Crippen LogP contribution in [0, 0.1) is 6.92 Å². The van der Waals surface area contributed by atoms with E-state index in [2.05, 4.69) is 21.8 Å². The quantitative estimate of drug-likeness (QED) is 0.869. The summed E-state index contributed by atoms with van der Waals surface area (Å²) in [5.74, 6) is 0.128. The Kier molecular flexibility index (Phi) is 3.73. The van der Waals surface area contributed by atoms with Crippen molar-refractivity contribution in [3.8, 4) is 0 Å². The first-order valence-corrected chi connectivity index (χ1v) is 7.71. The van der Waals surface area contributed by atoms with Crippen LogP contribution < -0.4 is 4.72 Å². The van der Waals surface area contributed by atoms with Crippen LogP contribution in [0.5, 0.6) is 0 Å². The predicted molar refractivity (Wildman–Crippen MR) is 74.2 cm³/mol. The molecule has 0 atom stereocenters. The second kappa shape index (κ2) is 5.12. The largest absolute Gasteiger partial charge is 0.359 e. The molecule has 0 aliphatic heterocycles. The van der Waals surface area contributed by atoms with Gasteiger partial charge < -0.3 is 4.98 Å². The van der Waals surface area contributed by atoms with Crippen LogP contribution in [0.15, 0.2) is 24.3 Å². The first kappa shape index (κ1) is 13.1. The van der Waals surface area contributed by atoms with Crippen molar-refractivity contribution in [1.29, 1.82) is 0 Å². The van der Waals surface area contributed by atoms with Gasteiger partial charge in [0, 0.05) is 17.8 Å². The molecule has 5 heteroatoms. The maximum absolute atomic E-state index is 11.3. The molecule has 2 aromatic rings. The summed E-state index contributed by atoms with van der Waals surface area (Å²) in [4.78, 5) is 3.26. The Morgan fingerprint density at radius 1 is 1.28 bits per heavy atom. The van der Waals surface area contributed by atoms with E-state index in [1.54, 1.807) is 6.92 Å². The van der Waals surface area contributed by atoms with Crippen LogP contribution in [-0.4, -0.2) is 25.7 Å². The molecular weight excluding hydrogens is 248 g/mol. The lowest BCUT2D eigenvalue weighted by Crippen LogP contribution is -2.27. The van der Waals surface area contributed by atoms with Gasteiger partial charge in [-0.15, -0.1) is 0 Å². The molecule has 98 valence electrons. The number of aromatic nitrogens is 1. The average molecular weight is 266 g/mol. The fraction of sp³-hybridized carbons (Fsp3) is 0.385. The van der Waals surface area contributed by atoms with Gasteiger partial charge in [0.2, 0.25) is 10.0 Å². The van der Waals surface area contributed by atoms with Crippen LogP contribution in [0.4, 0.5) is 0 Å². The molecule has 0 spiro atoms. The van der Waals surface area contributed by atoms with E-state index < -0.39 is 10.0 Å². The Hall–Kier alpha value is -1.33.